The molecule has 3 aromatic rings. The van der Waals surface area contributed by atoms with Gasteiger partial charge in [0.1, 0.15) is 33.1 Å². The van der Waals surface area contributed by atoms with Crippen LogP contribution in [0.5, 0.6) is 5.75 Å². The zero-order valence-corrected chi connectivity index (χ0v) is 20.7. The first-order valence-corrected chi connectivity index (χ1v) is 12.2. The maximum Gasteiger partial charge on any atom is 0.277 e. The number of halogens is 2. The molecule has 1 amide bonds. The summed E-state index contributed by atoms with van der Waals surface area (Å²) >= 11 is 0.835. The molecule has 188 valence electrons. The lowest BCUT2D eigenvalue weighted by atomic mass is 10.1. The molecule has 9 nitrogen and oxygen atoms in total. The molecule has 0 unspecified atom stereocenters. The molecule has 1 aliphatic rings. The molecule has 1 aromatic carbocycles. The van der Waals surface area contributed by atoms with Crippen LogP contribution in [0, 0.1) is 11.6 Å². The molecule has 4 rings (SSSR count). The SMILES string of the molecule is CC(C)Oc1cc(F)c(-c2nc(C(=O)Nc3cnn(C)c3N3CCC[C@@H](N)CC3)c(N)s2)c(F)c1. The number of ether oxygens (including phenoxy) is 1. The molecule has 0 saturated carbocycles. The van der Waals surface area contributed by atoms with Crippen LogP contribution in [0.15, 0.2) is 18.3 Å². The molecule has 1 saturated heterocycles. The van der Waals surface area contributed by atoms with Gasteiger partial charge in [-0.1, -0.05) is 11.3 Å². The van der Waals surface area contributed by atoms with E-state index in [0.717, 1.165) is 61.6 Å². The molecule has 1 aliphatic heterocycles. The number of amides is 1. The monoisotopic (exact) mass is 505 g/mol. The van der Waals surface area contributed by atoms with Crippen molar-refractivity contribution in [2.24, 2.45) is 12.8 Å². The van der Waals surface area contributed by atoms with E-state index in [1.54, 1.807) is 31.8 Å². The van der Waals surface area contributed by atoms with E-state index in [4.69, 9.17) is 16.2 Å². The average Bonchev–Trinajstić information content (AvgIpc) is 3.24. The fourth-order valence-electron chi connectivity index (χ4n) is 4.11. The van der Waals surface area contributed by atoms with Crippen LogP contribution in [0.25, 0.3) is 10.6 Å². The Hall–Kier alpha value is -3.25. The van der Waals surface area contributed by atoms with Gasteiger partial charge in [0.05, 0.1) is 17.9 Å². The highest BCUT2D eigenvalue weighted by molar-refractivity contribution is 7.19. The van der Waals surface area contributed by atoms with Crippen molar-refractivity contribution >= 4 is 33.8 Å². The summed E-state index contributed by atoms with van der Waals surface area (Å²) in [6, 6.07) is 2.32. The van der Waals surface area contributed by atoms with Crippen LogP contribution in [0.3, 0.4) is 0 Å². The Balaban J connectivity index is 1.58. The fraction of sp³-hybridized carbons (Fsp3) is 0.435. The van der Waals surface area contributed by atoms with Crippen LogP contribution >= 0.6 is 11.3 Å². The van der Waals surface area contributed by atoms with Crippen LogP contribution in [0.1, 0.15) is 43.6 Å². The quantitative estimate of drug-likeness (QED) is 0.466. The predicted molar refractivity (Wildman–Crippen MR) is 133 cm³/mol. The van der Waals surface area contributed by atoms with Crippen LogP contribution in [-0.2, 0) is 7.05 Å². The Morgan fingerprint density at radius 2 is 1.97 bits per heavy atom. The first-order chi connectivity index (χ1) is 16.6. The second-order valence-electron chi connectivity index (χ2n) is 8.80. The Morgan fingerprint density at radius 1 is 1.26 bits per heavy atom. The van der Waals surface area contributed by atoms with E-state index in [-0.39, 0.29) is 39.2 Å². The van der Waals surface area contributed by atoms with Crippen LogP contribution in [0.4, 0.5) is 25.3 Å². The molecule has 0 aliphatic carbocycles. The number of aromatic nitrogens is 3. The number of nitrogens with one attached hydrogen (secondary N) is 1. The van der Waals surface area contributed by atoms with Gasteiger partial charge in [0.15, 0.2) is 11.5 Å². The molecule has 3 heterocycles. The molecule has 0 bridgehead atoms. The fourth-order valence-corrected chi connectivity index (χ4v) is 4.98. The molecule has 0 radical (unpaired) electrons. The summed E-state index contributed by atoms with van der Waals surface area (Å²) in [5, 5.41) is 7.10. The number of nitrogens with two attached hydrogens (primary N) is 2. The number of nitrogens with zero attached hydrogens (tertiary/aromatic N) is 4. The number of aryl methyl sites for hydroxylation is 1. The topological polar surface area (TPSA) is 124 Å². The number of hydrogen-bond acceptors (Lipinski definition) is 8. The predicted octanol–water partition coefficient (Wildman–Crippen LogP) is 3.76. The van der Waals surface area contributed by atoms with Crippen LogP contribution in [0.2, 0.25) is 0 Å². The molecule has 0 spiro atoms. The zero-order chi connectivity index (χ0) is 25.3. The van der Waals surface area contributed by atoms with Crippen molar-refractivity contribution in [2.75, 3.05) is 29.0 Å². The zero-order valence-electron chi connectivity index (χ0n) is 19.8. The third-order valence-corrected chi connectivity index (χ3v) is 6.60. The van der Waals surface area contributed by atoms with E-state index in [2.05, 4.69) is 20.3 Å². The third-order valence-electron chi connectivity index (χ3n) is 5.70. The summed E-state index contributed by atoms with van der Waals surface area (Å²) in [7, 11) is 1.79. The van der Waals surface area contributed by atoms with Gasteiger partial charge < -0.3 is 26.4 Å². The largest absolute Gasteiger partial charge is 0.491 e. The van der Waals surface area contributed by atoms with Crippen molar-refractivity contribution in [3.8, 4) is 16.3 Å². The molecule has 5 N–H and O–H groups in total. The van der Waals surface area contributed by atoms with Crippen molar-refractivity contribution in [2.45, 2.75) is 45.3 Å². The maximum absolute atomic E-state index is 14.7. The van der Waals surface area contributed by atoms with Crippen LogP contribution in [-0.4, -0.2) is 45.9 Å². The van der Waals surface area contributed by atoms with E-state index in [9.17, 15) is 13.6 Å². The van der Waals surface area contributed by atoms with E-state index >= 15 is 0 Å². The first-order valence-electron chi connectivity index (χ1n) is 11.4. The van der Waals surface area contributed by atoms with Crippen molar-refractivity contribution in [1.29, 1.82) is 0 Å². The number of benzene rings is 1. The minimum atomic E-state index is -0.852. The van der Waals surface area contributed by atoms with Gasteiger partial charge in [0, 0.05) is 38.3 Å². The molecular formula is C23H29F2N7O2S. The number of hydrogen-bond donors (Lipinski definition) is 3. The van der Waals surface area contributed by atoms with E-state index in [1.165, 1.54) is 0 Å². The van der Waals surface area contributed by atoms with Gasteiger partial charge in [0.2, 0.25) is 0 Å². The maximum atomic E-state index is 14.7. The van der Waals surface area contributed by atoms with Gasteiger partial charge in [-0.05, 0) is 33.1 Å². The Morgan fingerprint density at radius 3 is 2.66 bits per heavy atom. The Kier molecular flexibility index (Phi) is 7.22. The summed E-state index contributed by atoms with van der Waals surface area (Å²) < 4.78 is 36.5. The standard InChI is InChI=1S/C23H29F2N7O2S/c1-12(2)34-14-9-15(24)18(16(25)10-14)22-30-19(20(27)35-22)21(33)29-17-11-28-31(3)23(17)32-7-4-5-13(26)6-8-32/h9-13H,4-8,26-27H2,1-3H3,(H,29,33)/t13-/m1/s1. The summed E-state index contributed by atoms with van der Waals surface area (Å²) in [4.78, 5) is 19.4. The number of carbonyl (C=O) groups excluding carboxylic acids is 1. The van der Waals surface area contributed by atoms with E-state index in [1.807, 2.05) is 0 Å². The first kappa shape index (κ1) is 24.9. The van der Waals surface area contributed by atoms with Crippen molar-refractivity contribution in [1.82, 2.24) is 14.8 Å². The normalized spacial score (nSPS) is 16.4. The number of rotatable bonds is 6. The lowest BCUT2D eigenvalue weighted by molar-refractivity contribution is 0.102. The molecular weight excluding hydrogens is 476 g/mol. The van der Waals surface area contributed by atoms with Crippen molar-refractivity contribution < 1.29 is 18.3 Å². The number of nitrogen functional groups attached to an aromatic ring is 1. The highest BCUT2D eigenvalue weighted by Gasteiger charge is 2.25. The summed E-state index contributed by atoms with van der Waals surface area (Å²) in [6.07, 6.45) is 4.01. The van der Waals surface area contributed by atoms with Crippen molar-refractivity contribution in [3.63, 3.8) is 0 Å². The Labute approximate surface area is 206 Å². The van der Waals surface area contributed by atoms with Gasteiger partial charge in [-0.25, -0.2) is 13.8 Å². The molecule has 35 heavy (non-hydrogen) atoms. The van der Waals surface area contributed by atoms with E-state index < -0.39 is 17.5 Å². The van der Waals surface area contributed by atoms with Gasteiger partial charge in [-0.2, -0.15) is 5.10 Å². The van der Waals surface area contributed by atoms with Crippen molar-refractivity contribution in [3.05, 3.63) is 35.7 Å². The molecule has 12 heteroatoms. The highest BCUT2D eigenvalue weighted by Crippen LogP contribution is 2.36. The second-order valence-corrected chi connectivity index (χ2v) is 9.83. The Bertz CT molecular complexity index is 1200. The van der Waals surface area contributed by atoms with Gasteiger partial charge in [-0.15, -0.1) is 0 Å². The minimum absolute atomic E-state index is 0.0355. The highest BCUT2D eigenvalue weighted by atomic mass is 32.1. The minimum Gasteiger partial charge on any atom is -0.491 e. The summed E-state index contributed by atoms with van der Waals surface area (Å²) in [5.41, 5.74) is 12.2. The average molecular weight is 506 g/mol. The smallest absolute Gasteiger partial charge is 0.277 e. The van der Waals surface area contributed by atoms with Gasteiger partial charge in [-0.3, -0.25) is 9.48 Å². The number of thiazole rings is 1. The van der Waals surface area contributed by atoms with Crippen LogP contribution < -0.4 is 26.4 Å². The second kappa shape index (κ2) is 10.2. The third kappa shape index (κ3) is 5.38. The molecule has 1 atom stereocenters. The van der Waals surface area contributed by atoms with Gasteiger partial charge in [0.25, 0.3) is 5.91 Å². The number of carbonyl (C=O) groups is 1. The number of anilines is 3. The molecule has 2 aromatic heterocycles. The summed E-state index contributed by atoms with van der Waals surface area (Å²) in [5.74, 6) is -1.48. The molecule has 1 fully saturated rings. The van der Waals surface area contributed by atoms with Gasteiger partial charge >= 0.3 is 0 Å². The van der Waals surface area contributed by atoms with E-state index in [0.29, 0.717) is 5.69 Å². The summed E-state index contributed by atoms with van der Waals surface area (Å²) in [6.45, 7) is 5.03. The lowest BCUT2D eigenvalue weighted by Gasteiger charge is -2.24. The lowest BCUT2D eigenvalue weighted by Crippen LogP contribution is -2.29.